The molecule has 2 aliphatic heterocycles. The van der Waals surface area contributed by atoms with E-state index in [0.29, 0.717) is 6.04 Å². The molecule has 3 N–H and O–H groups in total. The normalized spacial score (nSPS) is 27.8. The molecule has 4 nitrogen and oxygen atoms in total. The summed E-state index contributed by atoms with van der Waals surface area (Å²) in [6.45, 7) is 6.99. The number of nitrogens with one attached hydrogen (secondary N) is 1. The number of morpholine rings is 1. The van der Waals surface area contributed by atoms with Crippen LogP contribution in [0.3, 0.4) is 0 Å². The van der Waals surface area contributed by atoms with E-state index in [2.05, 4.69) is 10.2 Å². The standard InChI is InChI=1S/C11H23N3O/c12-9-11(10-1-3-13-4-2-10)14-5-7-15-8-6-14/h10-11,13H,1-9,12H2. The Bertz CT molecular complexity index is 159. The van der Waals surface area contributed by atoms with Gasteiger partial charge in [0.1, 0.15) is 0 Å². The smallest absolute Gasteiger partial charge is 0.0594 e. The lowest BCUT2D eigenvalue weighted by Crippen LogP contribution is -2.52. The van der Waals surface area contributed by atoms with E-state index in [1.165, 1.54) is 12.8 Å². The molecule has 2 aliphatic rings. The molecule has 0 aliphatic carbocycles. The third-order valence-electron chi connectivity index (χ3n) is 3.68. The highest BCUT2D eigenvalue weighted by molar-refractivity contribution is 4.84. The second-order valence-electron chi connectivity index (χ2n) is 4.54. The molecule has 0 saturated carbocycles. The molecular formula is C11H23N3O. The Labute approximate surface area is 92.1 Å². The van der Waals surface area contributed by atoms with Crippen molar-refractivity contribution in [2.45, 2.75) is 18.9 Å². The van der Waals surface area contributed by atoms with Crippen LogP contribution in [0.4, 0.5) is 0 Å². The highest BCUT2D eigenvalue weighted by Gasteiger charge is 2.28. The molecule has 2 heterocycles. The van der Waals surface area contributed by atoms with Crippen LogP contribution in [0.2, 0.25) is 0 Å². The molecule has 4 heteroatoms. The average molecular weight is 213 g/mol. The molecule has 0 aromatic carbocycles. The Hall–Kier alpha value is -0.160. The van der Waals surface area contributed by atoms with Gasteiger partial charge in [-0.15, -0.1) is 0 Å². The first kappa shape index (κ1) is 11.3. The summed E-state index contributed by atoms with van der Waals surface area (Å²) in [5.74, 6) is 0.786. The SMILES string of the molecule is NCC(C1CCNCC1)N1CCOCC1. The summed E-state index contributed by atoms with van der Waals surface area (Å²) >= 11 is 0. The fourth-order valence-corrected chi connectivity index (χ4v) is 2.78. The molecule has 88 valence electrons. The first-order valence-electron chi connectivity index (χ1n) is 6.14. The van der Waals surface area contributed by atoms with Crippen molar-refractivity contribution in [2.75, 3.05) is 45.9 Å². The molecule has 0 radical (unpaired) electrons. The molecule has 2 saturated heterocycles. The molecule has 0 spiro atoms. The minimum absolute atomic E-state index is 0.580. The molecule has 0 aromatic rings. The molecule has 2 rings (SSSR count). The fourth-order valence-electron chi connectivity index (χ4n) is 2.78. The van der Waals surface area contributed by atoms with Gasteiger partial charge in [0.05, 0.1) is 13.2 Å². The van der Waals surface area contributed by atoms with E-state index in [1.54, 1.807) is 0 Å². The Morgan fingerprint density at radius 3 is 2.53 bits per heavy atom. The minimum Gasteiger partial charge on any atom is -0.379 e. The third-order valence-corrected chi connectivity index (χ3v) is 3.68. The second kappa shape index (κ2) is 5.80. The molecule has 1 atom stereocenters. The van der Waals surface area contributed by atoms with E-state index < -0.39 is 0 Å². The van der Waals surface area contributed by atoms with Gasteiger partial charge in [-0.25, -0.2) is 0 Å². The van der Waals surface area contributed by atoms with Crippen molar-refractivity contribution in [1.82, 2.24) is 10.2 Å². The van der Waals surface area contributed by atoms with Crippen molar-refractivity contribution >= 4 is 0 Å². The molecule has 0 aromatic heterocycles. The van der Waals surface area contributed by atoms with Crippen LogP contribution >= 0.6 is 0 Å². The predicted octanol–water partition coefficient (Wildman–Crippen LogP) is -0.354. The van der Waals surface area contributed by atoms with Gasteiger partial charge in [-0.1, -0.05) is 0 Å². The van der Waals surface area contributed by atoms with E-state index in [1.807, 2.05) is 0 Å². The van der Waals surface area contributed by atoms with E-state index in [-0.39, 0.29) is 0 Å². The summed E-state index contributed by atoms with van der Waals surface area (Å²) in [6, 6.07) is 0.580. The van der Waals surface area contributed by atoms with Crippen LogP contribution in [-0.4, -0.2) is 56.9 Å². The summed E-state index contributed by atoms with van der Waals surface area (Å²) < 4.78 is 5.39. The van der Waals surface area contributed by atoms with Gasteiger partial charge in [0.25, 0.3) is 0 Å². The number of nitrogens with zero attached hydrogens (tertiary/aromatic N) is 1. The van der Waals surface area contributed by atoms with Crippen molar-refractivity contribution in [3.8, 4) is 0 Å². The summed E-state index contributed by atoms with van der Waals surface area (Å²) in [5.41, 5.74) is 5.93. The minimum atomic E-state index is 0.580. The van der Waals surface area contributed by atoms with Crippen LogP contribution < -0.4 is 11.1 Å². The van der Waals surface area contributed by atoms with E-state index in [4.69, 9.17) is 10.5 Å². The number of hydrogen-bond donors (Lipinski definition) is 2. The zero-order valence-corrected chi connectivity index (χ0v) is 9.45. The average Bonchev–Trinajstić information content (AvgIpc) is 2.33. The summed E-state index contributed by atoms with van der Waals surface area (Å²) in [7, 11) is 0. The van der Waals surface area contributed by atoms with Gasteiger partial charge < -0.3 is 15.8 Å². The molecule has 0 amide bonds. The fraction of sp³-hybridized carbons (Fsp3) is 1.00. The largest absolute Gasteiger partial charge is 0.379 e. The first-order chi connectivity index (χ1) is 7.42. The number of piperidine rings is 1. The van der Waals surface area contributed by atoms with Crippen molar-refractivity contribution < 1.29 is 4.74 Å². The molecule has 15 heavy (non-hydrogen) atoms. The van der Waals surface area contributed by atoms with Crippen molar-refractivity contribution in [3.63, 3.8) is 0 Å². The number of ether oxygens (including phenoxy) is 1. The Balaban J connectivity index is 1.88. The Morgan fingerprint density at radius 2 is 1.93 bits per heavy atom. The van der Waals surface area contributed by atoms with E-state index in [0.717, 1.165) is 51.9 Å². The maximum absolute atomic E-state index is 5.93. The molecular weight excluding hydrogens is 190 g/mol. The van der Waals surface area contributed by atoms with Gasteiger partial charge in [-0.05, 0) is 31.8 Å². The highest BCUT2D eigenvalue weighted by atomic mass is 16.5. The van der Waals surface area contributed by atoms with E-state index in [9.17, 15) is 0 Å². The summed E-state index contributed by atoms with van der Waals surface area (Å²) in [6.07, 6.45) is 2.55. The van der Waals surface area contributed by atoms with Crippen LogP contribution in [0, 0.1) is 5.92 Å². The monoisotopic (exact) mass is 213 g/mol. The van der Waals surface area contributed by atoms with Crippen molar-refractivity contribution in [3.05, 3.63) is 0 Å². The molecule has 1 unspecified atom stereocenters. The van der Waals surface area contributed by atoms with Crippen molar-refractivity contribution in [1.29, 1.82) is 0 Å². The van der Waals surface area contributed by atoms with Crippen LogP contribution in [0.1, 0.15) is 12.8 Å². The van der Waals surface area contributed by atoms with E-state index >= 15 is 0 Å². The Morgan fingerprint density at radius 1 is 1.27 bits per heavy atom. The topological polar surface area (TPSA) is 50.5 Å². The third kappa shape index (κ3) is 2.91. The highest BCUT2D eigenvalue weighted by Crippen LogP contribution is 2.21. The second-order valence-corrected chi connectivity index (χ2v) is 4.54. The van der Waals surface area contributed by atoms with Crippen LogP contribution in [0.25, 0.3) is 0 Å². The van der Waals surface area contributed by atoms with Gasteiger partial charge in [0.15, 0.2) is 0 Å². The lowest BCUT2D eigenvalue weighted by molar-refractivity contribution is 0.00119. The Kier molecular flexibility index (Phi) is 4.38. The van der Waals surface area contributed by atoms with Gasteiger partial charge in [0, 0.05) is 25.7 Å². The molecule has 2 fully saturated rings. The molecule has 0 bridgehead atoms. The summed E-state index contributed by atoms with van der Waals surface area (Å²) in [5, 5.41) is 3.41. The van der Waals surface area contributed by atoms with Gasteiger partial charge >= 0.3 is 0 Å². The zero-order chi connectivity index (χ0) is 10.5. The number of nitrogens with two attached hydrogens (primary N) is 1. The first-order valence-corrected chi connectivity index (χ1v) is 6.14. The number of hydrogen-bond acceptors (Lipinski definition) is 4. The van der Waals surface area contributed by atoms with Gasteiger partial charge in [-0.2, -0.15) is 0 Å². The van der Waals surface area contributed by atoms with Crippen molar-refractivity contribution in [2.24, 2.45) is 11.7 Å². The van der Waals surface area contributed by atoms with Gasteiger partial charge in [0.2, 0.25) is 0 Å². The lowest BCUT2D eigenvalue weighted by Gasteiger charge is -2.40. The number of rotatable bonds is 3. The van der Waals surface area contributed by atoms with Crippen LogP contribution in [-0.2, 0) is 4.74 Å². The van der Waals surface area contributed by atoms with Crippen LogP contribution in [0.15, 0.2) is 0 Å². The zero-order valence-electron chi connectivity index (χ0n) is 9.45. The lowest BCUT2D eigenvalue weighted by atomic mass is 9.89. The maximum atomic E-state index is 5.93. The van der Waals surface area contributed by atoms with Gasteiger partial charge in [-0.3, -0.25) is 4.90 Å². The quantitative estimate of drug-likeness (QED) is 0.672. The maximum Gasteiger partial charge on any atom is 0.0594 e. The predicted molar refractivity (Wildman–Crippen MR) is 60.8 cm³/mol. The summed E-state index contributed by atoms with van der Waals surface area (Å²) in [4.78, 5) is 2.53. The van der Waals surface area contributed by atoms with Crippen LogP contribution in [0.5, 0.6) is 0 Å².